The summed E-state index contributed by atoms with van der Waals surface area (Å²) in [5, 5.41) is 7.14. The number of pyridine rings is 1. The molecule has 0 aromatic carbocycles. The molecule has 2 aromatic heterocycles. The number of guanidine groups is 1. The summed E-state index contributed by atoms with van der Waals surface area (Å²) in [6, 6.07) is 3.22. The number of carbonyl (C=O) groups is 1. The molecule has 0 atom stereocenters. The molecule has 0 radical (unpaired) electrons. The minimum absolute atomic E-state index is 0.102. The van der Waals surface area contributed by atoms with Crippen LogP contribution in [0.25, 0.3) is 0 Å². The number of anilines is 1. The van der Waals surface area contributed by atoms with Gasteiger partial charge >= 0.3 is 6.18 Å². The van der Waals surface area contributed by atoms with Crippen LogP contribution in [0.1, 0.15) is 5.56 Å². The number of rotatable bonds is 5. The number of aromatic nitrogens is 3. The number of aliphatic imine (C=N–C) groups is 1. The zero-order chi connectivity index (χ0) is 21.7. The van der Waals surface area contributed by atoms with E-state index in [1.807, 2.05) is 0 Å². The summed E-state index contributed by atoms with van der Waals surface area (Å²) in [6.45, 7) is -0.177. The quantitative estimate of drug-likeness (QED) is 0.572. The fraction of sp³-hybridized carbons (Fsp3) is 0.444. The minimum Gasteiger partial charge on any atom is -0.468 e. The molecule has 3 heterocycles. The van der Waals surface area contributed by atoms with E-state index in [4.69, 9.17) is 4.74 Å². The van der Waals surface area contributed by atoms with Gasteiger partial charge in [0.25, 0.3) is 0 Å². The fourth-order valence-corrected chi connectivity index (χ4v) is 3.02. The Morgan fingerprint density at radius 2 is 2.17 bits per heavy atom. The number of aryl methyl sites for hydroxylation is 1. The smallest absolute Gasteiger partial charge is 0.422 e. The fourth-order valence-electron chi connectivity index (χ4n) is 3.02. The van der Waals surface area contributed by atoms with Gasteiger partial charge in [-0.15, -0.1) is 0 Å². The van der Waals surface area contributed by atoms with Crippen molar-refractivity contribution in [1.82, 2.24) is 25.0 Å². The zero-order valence-electron chi connectivity index (χ0n) is 16.6. The molecule has 162 valence electrons. The zero-order valence-corrected chi connectivity index (χ0v) is 16.6. The van der Waals surface area contributed by atoms with E-state index < -0.39 is 12.8 Å². The monoisotopic (exact) mass is 425 g/mol. The van der Waals surface area contributed by atoms with Gasteiger partial charge < -0.3 is 19.9 Å². The first-order chi connectivity index (χ1) is 14.3. The lowest BCUT2D eigenvalue weighted by Gasteiger charge is -2.35. The first kappa shape index (κ1) is 21.4. The van der Waals surface area contributed by atoms with Crippen LogP contribution in [0.3, 0.4) is 0 Å². The number of amides is 1. The standard InChI is InChI=1S/C18H22F3N7O2/c1-22-17(24-8-13-4-3-5-23-16(13)30-12-18(19,20)21)27-6-7-28(15(29)11-27)14-9-25-26(2)10-14/h3-5,9-10H,6-8,11-12H2,1-2H3,(H,22,24). The number of halogens is 3. The summed E-state index contributed by atoms with van der Waals surface area (Å²) in [7, 11) is 3.35. The van der Waals surface area contributed by atoms with E-state index in [9.17, 15) is 18.0 Å². The van der Waals surface area contributed by atoms with Gasteiger partial charge in [0.15, 0.2) is 12.6 Å². The molecule has 0 unspecified atom stereocenters. The maximum atomic E-state index is 12.6. The van der Waals surface area contributed by atoms with Gasteiger partial charge in [-0.05, 0) is 6.07 Å². The number of nitrogens with zero attached hydrogens (tertiary/aromatic N) is 6. The van der Waals surface area contributed by atoms with Crippen molar-refractivity contribution in [3.8, 4) is 5.88 Å². The van der Waals surface area contributed by atoms with Crippen LogP contribution >= 0.6 is 0 Å². The summed E-state index contributed by atoms with van der Waals surface area (Å²) in [4.78, 5) is 24.1. The lowest BCUT2D eigenvalue weighted by molar-refractivity contribution is -0.154. The van der Waals surface area contributed by atoms with E-state index in [1.54, 1.807) is 53.1 Å². The molecule has 1 fully saturated rings. The van der Waals surface area contributed by atoms with Crippen LogP contribution in [0.2, 0.25) is 0 Å². The first-order valence-electron chi connectivity index (χ1n) is 9.15. The molecule has 0 spiro atoms. The van der Waals surface area contributed by atoms with E-state index in [0.717, 1.165) is 5.69 Å². The maximum Gasteiger partial charge on any atom is 0.422 e. The molecule has 1 saturated heterocycles. The van der Waals surface area contributed by atoms with Crippen molar-refractivity contribution in [2.45, 2.75) is 12.7 Å². The summed E-state index contributed by atoms with van der Waals surface area (Å²) < 4.78 is 43.7. The molecular weight excluding hydrogens is 403 g/mol. The Bertz CT molecular complexity index is 913. The van der Waals surface area contributed by atoms with Crippen LogP contribution in [-0.4, -0.2) is 71.0 Å². The van der Waals surface area contributed by atoms with Crippen molar-refractivity contribution in [3.05, 3.63) is 36.3 Å². The van der Waals surface area contributed by atoms with Crippen LogP contribution in [0.15, 0.2) is 35.7 Å². The summed E-state index contributed by atoms with van der Waals surface area (Å²) in [5.74, 6) is 0.253. The second kappa shape index (κ2) is 9.01. The number of ether oxygens (including phenoxy) is 1. The van der Waals surface area contributed by atoms with Gasteiger partial charge in [0, 0.05) is 51.7 Å². The van der Waals surface area contributed by atoms with Gasteiger partial charge in [0.05, 0.1) is 11.9 Å². The number of alkyl halides is 3. The van der Waals surface area contributed by atoms with Crippen molar-refractivity contribution in [1.29, 1.82) is 0 Å². The molecule has 30 heavy (non-hydrogen) atoms. The predicted molar refractivity (Wildman–Crippen MR) is 103 cm³/mol. The molecule has 0 bridgehead atoms. The van der Waals surface area contributed by atoms with E-state index >= 15 is 0 Å². The average molecular weight is 425 g/mol. The lowest BCUT2D eigenvalue weighted by atomic mass is 10.2. The summed E-state index contributed by atoms with van der Waals surface area (Å²) in [5.41, 5.74) is 1.18. The number of hydrogen-bond donors (Lipinski definition) is 1. The Labute approximate surface area is 171 Å². The first-order valence-corrected chi connectivity index (χ1v) is 9.15. The molecule has 1 aliphatic rings. The number of carbonyl (C=O) groups excluding carboxylic acids is 1. The van der Waals surface area contributed by atoms with Gasteiger partial charge in [-0.3, -0.25) is 14.5 Å². The third-order valence-electron chi connectivity index (χ3n) is 4.39. The Balaban J connectivity index is 1.60. The molecule has 3 rings (SSSR count). The number of nitrogens with one attached hydrogen (secondary N) is 1. The molecule has 0 aliphatic carbocycles. The second-order valence-electron chi connectivity index (χ2n) is 6.61. The second-order valence-corrected chi connectivity index (χ2v) is 6.61. The highest BCUT2D eigenvalue weighted by Gasteiger charge is 2.30. The SMILES string of the molecule is CN=C(NCc1cccnc1OCC(F)(F)F)N1CCN(c2cnn(C)c2)C(=O)C1. The van der Waals surface area contributed by atoms with E-state index in [1.165, 1.54) is 6.20 Å². The molecule has 1 aliphatic heterocycles. The normalized spacial score (nSPS) is 15.5. The van der Waals surface area contributed by atoms with Crippen LogP contribution < -0.4 is 15.0 Å². The summed E-state index contributed by atoms with van der Waals surface area (Å²) in [6.07, 6.45) is 0.309. The number of piperazine rings is 1. The van der Waals surface area contributed by atoms with Crippen molar-refractivity contribution in [3.63, 3.8) is 0 Å². The molecule has 9 nitrogen and oxygen atoms in total. The van der Waals surface area contributed by atoms with Gasteiger partial charge in [0.1, 0.15) is 6.54 Å². The highest BCUT2D eigenvalue weighted by molar-refractivity contribution is 5.98. The minimum atomic E-state index is -4.45. The van der Waals surface area contributed by atoms with Crippen molar-refractivity contribution in [2.75, 3.05) is 38.2 Å². The highest BCUT2D eigenvalue weighted by Crippen LogP contribution is 2.20. The molecular formula is C18H22F3N7O2. The van der Waals surface area contributed by atoms with Crippen LogP contribution in [0.5, 0.6) is 5.88 Å². The highest BCUT2D eigenvalue weighted by atomic mass is 19.4. The van der Waals surface area contributed by atoms with E-state index in [2.05, 4.69) is 20.4 Å². The molecule has 12 heteroatoms. The van der Waals surface area contributed by atoms with Crippen molar-refractivity contribution >= 4 is 17.6 Å². The van der Waals surface area contributed by atoms with Crippen molar-refractivity contribution in [2.24, 2.45) is 12.0 Å². The number of hydrogen-bond acceptors (Lipinski definition) is 5. The molecule has 0 saturated carbocycles. The van der Waals surface area contributed by atoms with Gasteiger partial charge in [-0.1, -0.05) is 6.07 Å². The van der Waals surface area contributed by atoms with Gasteiger partial charge in [-0.2, -0.15) is 18.3 Å². The molecule has 1 N–H and O–H groups in total. The lowest BCUT2D eigenvalue weighted by Crippen LogP contribution is -2.55. The van der Waals surface area contributed by atoms with Gasteiger partial charge in [0.2, 0.25) is 11.8 Å². The summed E-state index contributed by atoms with van der Waals surface area (Å²) >= 11 is 0. The van der Waals surface area contributed by atoms with Crippen LogP contribution in [0.4, 0.5) is 18.9 Å². The Morgan fingerprint density at radius 1 is 1.37 bits per heavy atom. The van der Waals surface area contributed by atoms with Crippen molar-refractivity contribution < 1.29 is 22.7 Å². The topological polar surface area (TPSA) is 87.9 Å². The largest absolute Gasteiger partial charge is 0.468 e. The average Bonchev–Trinajstić information content (AvgIpc) is 3.13. The third-order valence-corrected chi connectivity index (χ3v) is 4.39. The van der Waals surface area contributed by atoms with E-state index in [-0.39, 0.29) is 24.9 Å². The van der Waals surface area contributed by atoms with Crippen LogP contribution in [-0.2, 0) is 18.4 Å². The maximum absolute atomic E-state index is 12.6. The Hall–Kier alpha value is -3.31. The van der Waals surface area contributed by atoms with Crippen LogP contribution in [0, 0.1) is 0 Å². The Morgan fingerprint density at radius 3 is 2.80 bits per heavy atom. The molecule has 2 aromatic rings. The Kier molecular flexibility index (Phi) is 6.43. The van der Waals surface area contributed by atoms with Gasteiger partial charge in [-0.25, -0.2) is 4.98 Å². The molecule has 1 amide bonds. The predicted octanol–water partition coefficient (Wildman–Crippen LogP) is 1.18. The third kappa shape index (κ3) is 5.39. The van der Waals surface area contributed by atoms with E-state index in [0.29, 0.717) is 24.6 Å².